The third kappa shape index (κ3) is 32.4. The number of rotatable bonds is 37. The van der Waals surface area contributed by atoms with E-state index in [1.165, 1.54) is 180 Å². The van der Waals surface area contributed by atoms with Gasteiger partial charge in [0.15, 0.2) is 0 Å². The molecule has 0 aromatic rings. The standard InChI is InChI=1S/C42H80N2O2/c1-3-5-7-9-11-13-15-17-19-21-23-25-27-29-31-33-35-39(41(43)45)37-38-40(42(44)46)36-34-32-30-28-26-24-22-20-18-16-14-12-10-8-6-4-2/h35-36H,3-34,37-38H2,1-2H3,(H2,43,45)(H2,44,46)/b39-35+,40-36+. The van der Waals surface area contributed by atoms with Gasteiger partial charge in [0.2, 0.25) is 11.8 Å². The normalized spacial score (nSPS) is 12.2. The molecule has 0 aromatic carbocycles. The van der Waals surface area contributed by atoms with E-state index >= 15 is 0 Å². The fourth-order valence-electron chi connectivity index (χ4n) is 6.50. The Morgan fingerprint density at radius 2 is 0.543 bits per heavy atom. The molecule has 0 fully saturated rings. The number of carbonyl (C=O) groups excluding carboxylic acids is 2. The molecule has 0 spiro atoms. The lowest BCUT2D eigenvalue weighted by atomic mass is 10.00. The predicted octanol–water partition coefficient (Wildman–Crippen LogP) is 13.1. The van der Waals surface area contributed by atoms with Gasteiger partial charge in [0.1, 0.15) is 0 Å². The minimum atomic E-state index is -0.368. The van der Waals surface area contributed by atoms with Crippen LogP contribution in [0.15, 0.2) is 23.3 Å². The van der Waals surface area contributed by atoms with Crippen LogP contribution in [-0.4, -0.2) is 11.8 Å². The van der Waals surface area contributed by atoms with Crippen LogP contribution in [0.2, 0.25) is 0 Å². The Kier molecular flexibility index (Phi) is 35.0. The molecule has 4 N–H and O–H groups in total. The van der Waals surface area contributed by atoms with Crippen molar-refractivity contribution in [2.75, 3.05) is 0 Å². The van der Waals surface area contributed by atoms with Gasteiger partial charge in [-0.2, -0.15) is 0 Å². The molecule has 0 radical (unpaired) electrons. The highest BCUT2D eigenvalue weighted by Gasteiger charge is 2.10. The highest BCUT2D eigenvalue weighted by molar-refractivity contribution is 5.94. The van der Waals surface area contributed by atoms with Crippen molar-refractivity contribution in [3.05, 3.63) is 23.3 Å². The summed E-state index contributed by atoms with van der Waals surface area (Å²) in [5.41, 5.74) is 12.6. The second-order valence-corrected chi connectivity index (χ2v) is 14.2. The average molecular weight is 645 g/mol. The van der Waals surface area contributed by atoms with E-state index in [0.29, 0.717) is 24.0 Å². The molecule has 0 aromatic heterocycles. The first kappa shape index (κ1) is 44.4. The van der Waals surface area contributed by atoms with Crippen LogP contribution in [0.4, 0.5) is 0 Å². The first-order valence-corrected chi connectivity index (χ1v) is 20.5. The number of unbranched alkanes of at least 4 members (excludes halogenated alkanes) is 30. The lowest BCUT2D eigenvalue weighted by molar-refractivity contribution is -0.116. The second-order valence-electron chi connectivity index (χ2n) is 14.2. The number of allylic oxidation sites excluding steroid dienone is 2. The minimum Gasteiger partial charge on any atom is -0.366 e. The molecule has 0 aliphatic rings. The van der Waals surface area contributed by atoms with Crippen molar-refractivity contribution < 1.29 is 9.59 Å². The van der Waals surface area contributed by atoms with Crippen LogP contribution in [0, 0.1) is 0 Å². The van der Waals surface area contributed by atoms with Gasteiger partial charge in [0, 0.05) is 11.1 Å². The van der Waals surface area contributed by atoms with Crippen LogP contribution < -0.4 is 11.5 Å². The summed E-state index contributed by atoms with van der Waals surface area (Å²) >= 11 is 0. The first-order chi connectivity index (χ1) is 22.5. The number of amides is 2. The smallest absolute Gasteiger partial charge is 0.244 e. The Balaban J connectivity index is 3.87. The summed E-state index contributed by atoms with van der Waals surface area (Å²) in [6.45, 7) is 4.56. The maximum atomic E-state index is 12.0. The van der Waals surface area contributed by atoms with Crippen molar-refractivity contribution in [3.8, 4) is 0 Å². The highest BCUT2D eigenvalue weighted by atomic mass is 16.1. The van der Waals surface area contributed by atoms with E-state index < -0.39 is 0 Å². The number of carbonyl (C=O) groups is 2. The maximum absolute atomic E-state index is 12.0. The zero-order chi connectivity index (χ0) is 33.8. The second kappa shape index (κ2) is 36.3. The van der Waals surface area contributed by atoms with E-state index in [1.807, 2.05) is 12.2 Å². The molecule has 0 unspecified atom stereocenters. The monoisotopic (exact) mass is 645 g/mol. The van der Waals surface area contributed by atoms with Crippen molar-refractivity contribution >= 4 is 11.8 Å². The Morgan fingerprint density at radius 3 is 0.739 bits per heavy atom. The predicted molar refractivity (Wildman–Crippen MR) is 203 cm³/mol. The molecule has 270 valence electrons. The lowest BCUT2D eigenvalue weighted by Gasteiger charge is -2.07. The quantitative estimate of drug-likeness (QED) is 0.0520. The zero-order valence-corrected chi connectivity index (χ0v) is 31.2. The molecule has 0 aliphatic carbocycles. The molecule has 4 nitrogen and oxygen atoms in total. The first-order valence-electron chi connectivity index (χ1n) is 20.5. The lowest BCUT2D eigenvalue weighted by Crippen LogP contribution is -2.17. The van der Waals surface area contributed by atoms with E-state index in [0.717, 1.165) is 25.7 Å². The van der Waals surface area contributed by atoms with E-state index in [1.54, 1.807) is 0 Å². The fraction of sp³-hybridized carbons (Fsp3) is 0.857. The molecule has 4 heteroatoms. The average Bonchev–Trinajstić information content (AvgIpc) is 3.04. The van der Waals surface area contributed by atoms with Crippen molar-refractivity contribution in [1.29, 1.82) is 0 Å². The SMILES string of the molecule is CCCCCCCCCCCCCCCCC/C=C(\CC/C(=C\CCCCCCCCCCCCCCCCC)C(N)=O)C(N)=O. The van der Waals surface area contributed by atoms with Crippen LogP contribution in [0.3, 0.4) is 0 Å². The molecular formula is C42H80N2O2. The van der Waals surface area contributed by atoms with Crippen LogP contribution in [0.25, 0.3) is 0 Å². The third-order valence-electron chi connectivity index (χ3n) is 9.69. The molecule has 2 amide bonds. The summed E-state index contributed by atoms with van der Waals surface area (Å²) in [7, 11) is 0. The fourth-order valence-corrected chi connectivity index (χ4v) is 6.50. The Labute approximate surface area is 287 Å². The topological polar surface area (TPSA) is 86.2 Å². The van der Waals surface area contributed by atoms with Crippen LogP contribution >= 0.6 is 0 Å². The molecule has 0 bridgehead atoms. The van der Waals surface area contributed by atoms with Crippen molar-refractivity contribution in [3.63, 3.8) is 0 Å². The summed E-state index contributed by atoms with van der Waals surface area (Å²) in [5.74, 6) is -0.737. The molecule has 0 saturated carbocycles. The van der Waals surface area contributed by atoms with Gasteiger partial charge < -0.3 is 11.5 Å². The highest BCUT2D eigenvalue weighted by Crippen LogP contribution is 2.18. The minimum absolute atomic E-state index is 0.368. The van der Waals surface area contributed by atoms with Crippen LogP contribution in [-0.2, 0) is 9.59 Å². The maximum Gasteiger partial charge on any atom is 0.244 e. The molecule has 0 atom stereocenters. The number of primary amides is 2. The van der Waals surface area contributed by atoms with E-state index in [2.05, 4.69) is 13.8 Å². The van der Waals surface area contributed by atoms with Gasteiger partial charge in [-0.25, -0.2) is 0 Å². The van der Waals surface area contributed by atoms with Gasteiger partial charge in [-0.15, -0.1) is 0 Å². The third-order valence-corrected chi connectivity index (χ3v) is 9.69. The van der Waals surface area contributed by atoms with Crippen LogP contribution in [0.5, 0.6) is 0 Å². The number of hydrogen-bond acceptors (Lipinski definition) is 2. The van der Waals surface area contributed by atoms with Crippen molar-refractivity contribution in [2.45, 2.75) is 232 Å². The van der Waals surface area contributed by atoms with E-state index in [4.69, 9.17) is 11.5 Å². The molecule has 0 saturated heterocycles. The molecule has 46 heavy (non-hydrogen) atoms. The van der Waals surface area contributed by atoms with Crippen molar-refractivity contribution in [2.24, 2.45) is 11.5 Å². The summed E-state index contributed by atoms with van der Waals surface area (Å²) in [6, 6.07) is 0. The summed E-state index contributed by atoms with van der Waals surface area (Å²) in [5, 5.41) is 0. The summed E-state index contributed by atoms with van der Waals surface area (Å²) in [4.78, 5) is 24.0. The van der Waals surface area contributed by atoms with Gasteiger partial charge in [-0.3, -0.25) is 9.59 Å². The summed E-state index contributed by atoms with van der Waals surface area (Å²) in [6.07, 6.45) is 47.2. The van der Waals surface area contributed by atoms with E-state index in [-0.39, 0.29) is 11.8 Å². The largest absolute Gasteiger partial charge is 0.366 e. The number of nitrogens with two attached hydrogens (primary N) is 2. The molecular weight excluding hydrogens is 564 g/mol. The van der Waals surface area contributed by atoms with Crippen LogP contribution in [0.1, 0.15) is 232 Å². The van der Waals surface area contributed by atoms with Gasteiger partial charge in [0.25, 0.3) is 0 Å². The summed E-state index contributed by atoms with van der Waals surface area (Å²) < 4.78 is 0. The van der Waals surface area contributed by atoms with E-state index in [9.17, 15) is 9.59 Å². The van der Waals surface area contributed by atoms with Gasteiger partial charge in [-0.05, 0) is 38.5 Å². The van der Waals surface area contributed by atoms with Gasteiger partial charge >= 0.3 is 0 Å². The molecule has 0 heterocycles. The molecule has 0 aliphatic heterocycles. The van der Waals surface area contributed by atoms with Crippen molar-refractivity contribution in [1.82, 2.24) is 0 Å². The molecule has 0 rings (SSSR count). The van der Waals surface area contributed by atoms with Gasteiger partial charge in [-0.1, -0.05) is 206 Å². The number of hydrogen-bond donors (Lipinski definition) is 2. The Bertz CT molecular complexity index is 680. The Morgan fingerprint density at radius 1 is 0.348 bits per heavy atom. The van der Waals surface area contributed by atoms with Gasteiger partial charge in [0.05, 0.1) is 0 Å². The Hall–Kier alpha value is -1.58. The zero-order valence-electron chi connectivity index (χ0n) is 31.2.